The Morgan fingerprint density at radius 1 is 1.47 bits per heavy atom. The molecule has 0 N–H and O–H groups in total. The Labute approximate surface area is 106 Å². The lowest BCUT2D eigenvalue weighted by molar-refractivity contribution is 0.0814. The molecule has 17 heavy (non-hydrogen) atoms. The zero-order valence-electron chi connectivity index (χ0n) is 9.96. The van der Waals surface area contributed by atoms with E-state index in [0.717, 1.165) is 25.7 Å². The number of aromatic nitrogens is 1. The van der Waals surface area contributed by atoms with Crippen LogP contribution in [0.5, 0.6) is 5.88 Å². The molecule has 0 saturated heterocycles. The molecule has 1 fully saturated rings. The zero-order valence-corrected chi connectivity index (χ0v) is 10.7. The van der Waals surface area contributed by atoms with Gasteiger partial charge in [-0.3, -0.25) is 0 Å². The molecule has 1 aliphatic rings. The van der Waals surface area contributed by atoms with Gasteiger partial charge < -0.3 is 4.74 Å². The fraction of sp³-hybridized carbons (Fsp3) is 0.615. The van der Waals surface area contributed by atoms with Crippen LogP contribution in [0.1, 0.15) is 39.0 Å². The fourth-order valence-electron chi connectivity index (χ4n) is 2.43. The van der Waals surface area contributed by atoms with E-state index in [1.807, 2.05) is 0 Å². The predicted octanol–water partition coefficient (Wildman–Crippen LogP) is 4.22. The van der Waals surface area contributed by atoms with Crippen LogP contribution in [0.2, 0.25) is 5.02 Å². The summed E-state index contributed by atoms with van der Waals surface area (Å²) in [5.74, 6) is 0.123. The first-order valence-electron chi connectivity index (χ1n) is 6.18. The Balaban J connectivity index is 2.08. The number of nitrogens with zero attached hydrogens (tertiary/aromatic N) is 1. The minimum atomic E-state index is -0.474. The van der Waals surface area contributed by atoms with Crippen LogP contribution in [0.3, 0.4) is 0 Å². The number of hydrogen-bond acceptors (Lipinski definition) is 2. The van der Waals surface area contributed by atoms with Crippen LogP contribution in [0.15, 0.2) is 12.3 Å². The first kappa shape index (κ1) is 12.6. The van der Waals surface area contributed by atoms with Gasteiger partial charge in [0.25, 0.3) is 5.88 Å². The lowest BCUT2D eigenvalue weighted by atomic mass is 9.85. The van der Waals surface area contributed by atoms with Crippen LogP contribution >= 0.6 is 11.6 Å². The molecule has 0 bridgehead atoms. The van der Waals surface area contributed by atoms with Crippen LogP contribution in [0, 0.1) is 11.7 Å². The SMILES string of the molecule is CCC1CCCCC1Oc1ncc(Cl)cc1F. The fourth-order valence-corrected chi connectivity index (χ4v) is 2.57. The number of halogens is 2. The first-order valence-corrected chi connectivity index (χ1v) is 6.56. The van der Waals surface area contributed by atoms with Gasteiger partial charge in [0, 0.05) is 6.20 Å². The summed E-state index contributed by atoms with van der Waals surface area (Å²) in [5, 5.41) is 0.297. The predicted molar refractivity (Wildman–Crippen MR) is 65.9 cm³/mol. The van der Waals surface area contributed by atoms with Gasteiger partial charge in [0.15, 0.2) is 5.82 Å². The molecule has 2 unspecified atom stereocenters. The maximum atomic E-state index is 13.6. The second-order valence-corrected chi connectivity index (χ2v) is 4.99. The van der Waals surface area contributed by atoms with E-state index in [1.54, 1.807) is 0 Å². The van der Waals surface area contributed by atoms with Crippen molar-refractivity contribution in [1.29, 1.82) is 0 Å². The average Bonchev–Trinajstić information content (AvgIpc) is 2.33. The van der Waals surface area contributed by atoms with Gasteiger partial charge in [-0.1, -0.05) is 24.9 Å². The summed E-state index contributed by atoms with van der Waals surface area (Å²) in [6.07, 6.45) is 7.13. The molecule has 94 valence electrons. The highest BCUT2D eigenvalue weighted by Gasteiger charge is 2.26. The topological polar surface area (TPSA) is 22.1 Å². The molecule has 0 aromatic carbocycles. The molecule has 2 atom stereocenters. The minimum Gasteiger partial charge on any atom is -0.472 e. The van der Waals surface area contributed by atoms with E-state index in [4.69, 9.17) is 16.3 Å². The molecule has 0 spiro atoms. The third-order valence-corrected chi connectivity index (χ3v) is 3.61. The van der Waals surface area contributed by atoms with Crippen molar-refractivity contribution in [2.75, 3.05) is 0 Å². The van der Waals surface area contributed by atoms with Gasteiger partial charge in [-0.2, -0.15) is 0 Å². The van der Waals surface area contributed by atoms with E-state index < -0.39 is 5.82 Å². The molecular weight excluding hydrogens is 241 g/mol. The molecule has 2 nitrogen and oxygen atoms in total. The Kier molecular flexibility index (Phi) is 4.21. The smallest absolute Gasteiger partial charge is 0.250 e. The van der Waals surface area contributed by atoms with Gasteiger partial charge in [-0.15, -0.1) is 0 Å². The summed E-state index contributed by atoms with van der Waals surface area (Å²) >= 11 is 5.66. The highest BCUT2D eigenvalue weighted by Crippen LogP contribution is 2.30. The van der Waals surface area contributed by atoms with Gasteiger partial charge in [0.2, 0.25) is 0 Å². The summed E-state index contributed by atoms with van der Waals surface area (Å²) in [5.41, 5.74) is 0. The standard InChI is InChI=1S/C13H17ClFNO/c1-2-9-5-3-4-6-12(9)17-13-11(15)7-10(14)8-16-13/h7-9,12H,2-6H2,1H3. The monoisotopic (exact) mass is 257 g/mol. The number of pyridine rings is 1. The average molecular weight is 258 g/mol. The van der Waals surface area contributed by atoms with Gasteiger partial charge in [0.1, 0.15) is 6.10 Å². The number of hydrogen-bond donors (Lipinski definition) is 0. The molecule has 4 heteroatoms. The second-order valence-electron chi connectivity index (χ2n) is 4.55. The summed E-state index contributed by atoms with van der Waals surface area (Å²) in [6, 6.07) is 1.24. The van der Waals surface area contributed by atoms with Gasteiger partial charge >= 0.3 is 0 Å². The van der Waals surface area contributed by atoms with Crippen molar-refractivity contribution < 1.29 is 9.13 Å². The Bertz CT molecular complexity index is 386. The molecule has 0 aliphatic heterocycles. The first-order chi connectivity index (χ1) is 8.20. The minimum absolute atomic E-state index is 0.0831. The van der Waals surface area contributed by atoms with Crippen molar-refractivity contribution in [2.45, 2.75) is 45.1 Å². The summed E-state index contributed by atoms with van der Waals surface area (Å²) in [6.45, 7) is 2.15. The number of ether oxygens (including phenoxy) is 1. The van der Waals surface area contributed by atoms with Crippen LogP contribution in [0.25, 0.3) is 0 Å². The Morgan fingerprint density at radius 2 is 2.24 bits per heavy atom. The summed E-state index contributed by atoms with van der Waals surface area (Å²) in [4.78, 5) is 3.91. The number of rotatable bonds is 3. The molecule has 1 aromatic rings. The quantitative estimate of drug-likeness (QED) is 0.809. The van der Waals surface area contributed by atoms with Gasteiger partial charge in [-0.05, 0) is 37.7 Å². The Hall–Kier alpha value is -0.830. The normalized spacial score (nSPS) is 24.6. The van der Waals surface area contributed by atoms with Crippen molar-refractivity contribution >= 4 is 11.6 Å². The maximum absolute atomic E-state index is 13.6. The van der Waals surface area contributed by atoms with Crippen molar-refractivity contribution in [2.24, 2.45) is 5.92 Å². The third kappa shape index (κ3) is 3.09. The van der Waals surface area contributed by atoms with Crippen LogP contribution < -0.4 is 4.74 Å². The van der Waals surface area contributed by atoms with Crippen molar-refractivity contribution in [1.82, 2.24) is 4.98 Å². The molecule has 2 rings (SSSR count). The van der Waals surface area contributed by atoms with Gasteiger partial charge in [0.05, 0.1) is 5.02 Å². The van der Waals surface area contributed by atoms with Crippen LogP contribution in [-0.4, -0.2) is 11.1 Å². The highest BCUT2D eigenvalue weighted by molar-refractivity contribution is 6.30. The lowest BCUT2D eigenvalue weighted by Gasteiger charge is -2.30. The van der Waals surface area contributed by atoms with E-state index in [2.05, 4.69) is 11.9 Å². The molecule has 1 saturated carbocycles. The molecule has 0 amide bonds. The van der Waals surface area contributed by atoms with E-state index in [1.165, 1.54) is 18.7 Å². The third-order valence-electron chi connectivity index (χ3n) is 3.40. The van der Waals surface area contributed by atoms with E-state index in [0.29, 0.717) is 10.9 Å². The second kappa shape index (κ2) is 5.67. The zero-order chi connectivity index (χ0) is 12.3. The van der Waals surface area contributed by atoms with Crippen LogP contribution in [-0.2, 0) is 0 Å². The van der Waals surface area contributed by atoms with Crippen molar-refractivity contribution in [3.8, 4) is 5.88 Å². The van der Waals surface area contributed by atoms with E-state index >= 15 is 0 Å². The molecule has 1 aliphatic carbocycles. The summed E-state index contributed by atoms with van der Waals surface area (Å²) in [7, 11) is 0. The molecular formula is C13H17ClFNO. The Morgan fingerprint density at radius 3 is 2.94 bits per heavy atom. The van der Waals surface area contributed by atoms with Crippen molar-refractivity contribution in [3.05, 3.63) is 23.1 Å². The van der Waals surface area contributed by atoms with E-state index in [-0.39, 0.29) is 12.0 Å². The molecule has 1 heterocycles. The molecule has 0 radical (unpaired) electrons. The maximum Gasteiger partial charge on any atom is 0.250 e. The largest absolute Gasteiger partial charge is 0.472 e. The van der Waals surface area contributed by atoms with Gasteiger partial charge in [-0.25, -0.2) is 9.37 Å². The lowest BCUT2D eigenvalue weighted by Crippen LogP contribution is -2.30. The van der Waals surface area contributed by atoms with Crippen LogP contribution in [0.4, 0.5) is 4.39 Å². The molecule has 1 aromatic heterocycles. The van der Waals surface area contributed by atoms with Crippen molar-refractivity contribution in [3.63, 3.8) is 0 Å². The highest BCUT2D eigenvalue weighted by atomic mass is 35.5. The van der Waals surface area contributed by atoms with E-state index in [9.17, 15) is 4.39 Å². The summed E-state index contributed by atoms with van der Waals surface area (Å²) < 4.78 is 19.3.